The molecular formula is C38H53N3O4S. The Hall–Kier alpha value is -3.10. The van der Waals surface area contributed by atoms with Crippen LogP contribution in [0, 0.1) is 5.92 Å². The number of rotatable bonds is 18. The molecule has 0 saturated carbocycles. The minimum Gasteiger partial charge on any atom is -0.494 e. The predicted octanol–water partition coefficient (Wildman–Crippen LogP) is 8.44. The Kier molecular flexibility index (Phi) is 13.2. The molecule has 5 rings (SSSR count). The molecule has 0 aliphatic carbocycles. The molecule has 1 saturated heterocycles. The summed E-state index contributed by atoms with van der Waals surface area (Å²) in [4.78, 5) is 32.8. The van der Waals surface area contributed by atoms with E-state index in [-0.39, 0.29) is 24.5 Å². The topological polar surface area (TPSA) is 62.3 Å². The Morgan fingerprint density at radius 2 is 1.65 bits per heavy atom. The van der Waals surface area contributed by atoms with Crippen LogP contribution in [0.4, 0.5) is 11.4 Å². The van der Waals surface area contributed by atoms with Crippen molar-refractivity contribution in [2.45, 2.75) is 90.9 Å². The SMILES string of the molecule is CCCCCC(CCCCC)C(=O)OCN1C(=O)CCc2ccc(OCCCCN3CCN(c4cccc5sccc45)CC3)cc21. The minimum absolute atomic E-state index is 0.00179. The molecule has 1 fully saturated rings. The van der Waals surface area contributed by atoms with Crippen LogP contribution in [-0.2, 0) is 20.7 Å². The number of amides is 1. The number of hydrogen-bond donors (Lipinski definition) is 0. The second-order valence-corrected chi connectivity index (χ2v) is 13.8. The van der Waals surface area contributed by atoms with Gasteiger partial charge in [-0.15, -0.1) is 11.3 Å². The molecule has 0 N–H and O–H groups in total. The van der Waals surface area contributed by atoms with E-state index in [2.05, 4.69) is 59.4 Å². The fraction of sp³-hybridized carbons (Fsp3) is 0.579. The summed E-state index contributed by atoms with van der Waals surface area (Å²) in [5.74, 6) is 0.508. The van der Waals surface area contributed by atoms with E-state index in [0.29, 0.717) is 19.4 Å². The number of nitrogens with zero attached hydrogens (tertiary/aromatic N) is 3. The minimum atomic E-state index is -0.166. The summed E-state index contributed by atoms with van der Waals surface area (Å²) >= 11 is 1.81. The molecule has 0 unspecified atom stereocenters. The Morgan fingerprint density at radius 1 is 0.870 bits per heavy atom. The maximum atomic E-state index is 13.1. The van der Waals surface area contributed by atoms with E-state index in [1.54, 1.807) is 4.90 Å². The average molecular weight is 648 g/mol. The van der Waals surface area contributed by atoms with Gasteiger partial charge in [0.05, 0.1) is 18.2 Å². The van der Waals surface area contributed by atoms with Crippen molar-refractivity contribution in [2.75, 3.05) is 55.9 Å². The largest absolute Gasteiger partial charge is 0.494 e. The van der Waals surface area contributed by atoms with Crippen molar-refractivity contribution in [1.29, 1.82) is 0 Å². The van der Waals surface area contributed by atoms with Gasteiger partial charge >= 0.3 is 5.97 Å². The zero-order valence-corrected chi connectivity index (χ0v) is 28.8. The number of unbranched alkanes of at least 4 members (excludes halogenated alkanes) is 5. The van der Waals surface area contributed by atoms with Gasteiger partial charge < -0.3 is 14.4 Å². The van der Waals surface area contributed by atoms with Crippen LogP contribution in [0.2, 0.25) is 0 Å². The molecule has 2 aliphatic rings. The van der Waals surface area contributed by atoms with E-state index in [9.17, 15) is 9.59 Å². The van der Waals surface area contributed by atoms with Gasteiger partial charge in [0, 0.05) is 54.4 Å². The van der Waals surface area contributed by atoms with Crippen molar-refractivity contribution in [3.05, 3.63) is 53.4 Å². The van der Waals surface area contributed by atoms with Gasteiger partial charge in [0.15, 0.2) is 6.73 Å². The zero-order valence-electron chi connectivity index (χ0n) is 28.0. The van der Waals surface area contributed by atoms with Crippen molar-refractivity contribution in [3.63, 3.8) is 0 Å². The quantitative estimate of drug-likeness (QED) is 0.102. The first-order chi connectivity index (χ1) is 22.6. The van der Waals surface area contributed by atoms with Gasteiger partial charge in [-0.25, -0.2) is 0 Å². The molecule has 1 aromatic heterocycles. The number of hydrogen-bond acceptors (Lipinski definition) is 7. The maximum Gasteiger partial charge on any atom is 0.310 e. The third-order valence-electron chi connectivity index (χ3n) is 9.56. The number of carbonyl (C=O) groups excluding carboxylic acids is 2. The fourth-order valence-electron chi connectivity index (χ4n) is 6.75. The summed E-state index contributed by atoms with van der Waals surface area (Å²) in [6.45, 7) is 10.3. The molecule has 3 heterocycles. The molecule has 2 aliphatic heterocycles. The highest BCUT2D eigenvalue weighted by atomic mass is 32.1. The van der Waals surface area contributed by atoms with Crippen molar-refractivity contribution < 1.29 is 19.1 Å². The molecule has 0 spiro atoms. The fourth-order valence-corrected chi connectivity index (χ4v) is 7.56. The predicted molar refractivity (Wildman–Crippen MR) is 190 cm³/mol. The number of ether oxygens (including phenoxy) is 2. The number of thiophene rings is 1. The van der Waals surface area contributed by atoms with Crippen LogP contribution in [0.15, 0.2) is 47.8 Å². The van der Waals surface area contributed by atoms with Crippen LogP contribution < -0.4 is 14.5 Å². The van der Waals surface area contributed by atoms with Gasteiger partial charge in [0.25, 0.3) is 0 Å². The number of anilines is 2. The Morgan fingerprint density at radius 3 is 2.41 bits per heavy atom. The van der Waals surface area contributed by atoms with E-state index in [1.807, 2.05) is 23.5 Å². The lowest BCUT2D eigenvalue weighted by molar-refractivity contribution is -0.149. The van der Waals surface area contributed by atoms with Crippen LogP contribution in [0.25, 0.3) is 10.1 Å². The normalized spacial score (nSPS) is 15.5. The van der Waals surface area contributed by atoms with Crippen LogP contribution in [0.3, 0.4) is 0 Å². The maximum absolute atomic E-state index is 13.1. The molecule has 8 heteroatoms. The van der Waals surface area contributed by atoms with Crippen LogP contribution in [0.5, 0.6) is 5.75 Å². The highest BCUT2D eigenvalue weighted by molar-refractivity contribution is 7.17. The standard InChI is InChI=1S/C38H53N3O4S/c1-3-5-7-12-31(13-8-6-4-2)38(43)45-29-41-35-28-32(18-16-30(35)17-19-37(41)42)44-26-10-9-21-39-22-24-40(25-23-39)34-14-11-15-36-33(34)20-27-46-36/h11,14-16,18,20,27-28,31H,3-10,12-13,17,19,21-26,29H2,1-2H3. The van der Waals surface area contributed by atoms with E-state index in [0.717, 1.165) is 114 Å². The highest BCUT2D eigenvalue weighted by Crippen LogP contribution is 2.33. The molecule has 7 nitrogen and oxygen atoms in total. The molecule has 0 atom stereocenters. The number of esters is 1. The van der Waals surface area contributed by atoms with Gasteiger partial charge in [-0.1, -0.05) is 64.5 Å². The lowest BCUT2D eigenvalue weighted by Crippen LogP contribution is -2.46. The first kappa shape index (κ1) is 34.2. The molecule has 1 amide bonds. The van der Waals surface area contributed by atoms with E-state index in [1.165, 1.54) is 15.8 Å². The summed E-state index contributed by atoms with van der Waals surface area (Å²) in [6, 6.07) is 14.9. The lowest BCUT2D eigenvalue weighted by atomic mass is 9.95. The summed E-state index contributed by atoms with van der Waals surface area (Å²) < 4.78 is 13.3. The van der Waals surface area contributed by atoms with Crippen LogP contribution >= 0.6 is 11.3 Å². The summed E-state index contributed by atoms with van der Waals surface area (Å²) in [6.07, 6.45) is 11.5. The molecule has 2 aromatic carbocycles. The lowest BCUT2D eigenvalue weighted by Gasteiger charge is -2.36. The summed E-state index contributed by atoms with van der Waals surface area (Å²) in [5, 5.41) is 3.56. The van der Waals surface area contributed by atoms with Gasteiger partial charge in [-0.05, 0) is 73.9 Å². The van der Waals surface area contributed by atoms with Crippen molar-refractivity contribution >= 4 is 44.7 Å². The summed E-state index contributed by atoms with van der Waals surface area (Å²) in [7, 11) is 0. The van der Waals surface area contributed by atoms with E-state index >= 15 is 0 Å². The number of aryl methyl sites for hydroxylation is 1. The van der Waals surface area contributed by atoms with E-state index in [4.69, 9.17) is 9.47 Å². The third-order valence-corrected chi connectivity index (χ3v) is 10.4. The molecule has 250 valence electrons. The van der Waals surface area contributed by atoms with Gasteiger partial charge in [0.2, 0.25) is 5.91 Å². The molecular weight excluding hydrogens is 595 g/mol. The van der Waals surface area contributed by atoms with Gasteiger partial charge in [0.1, 0.15) is 5.75 Å². The molecule has 46 heavy (non-hydrogen) atoms. The summed E-state index contributed by atoms with van der Waals surface area (Å²) in [5.41, 5.74) is 3.27. The van der Waals surface area contributed by atoms with E-state index < -0.39 is 0 Å². The molecule has 0 radical (unpaired) electrons. The highest BCUT2D eigenvalue weighted by Gasteiger charge is 2.27. The van der Waals surface area contributed by atoms with Crippen LogP contribution in [-0.4, -0.2) is 62.8 Å². The number of carbonyl (C=O) groups is 2. The Labute approximate surface area is 279 Å². The molecule has 0 bridgehead atoms. The number of fused-ring (bicyclic) bond motifs is 2. The first-order valence-electron chi connectivity index (χ1n) is 17.7. The van der Waals surface area contributed by atoms with Crippen molar-refractivity contribution in [2.24, 2.45) is 5.92 Å². The smallest absolute Gasteiger partial charge is 0.310 e. The Bertz CT molecular complexity index is 1390. The monoisotopic (exact) mass is 647 g/mol. The van der Waals surface area contributed by atoms with Gasteiger partial charge in [-0.2, -0.15) is 0 Å². The average Bonchev–Trinajstić information content (AvgIpc) is 3.57. The number of benzene rings is 2. The van der Waals surface area contributed by atoms with Crippen molar-refractivity contribution in [3.8, 4) is 5.75 Å². The second kappa shape index (κ2) is 17.7. The van der Waals surface area contributed by atoms with Crippen LogP contribution in [0.1, 0.15) is 90.0 Å². The third kappa shape index (κ3) is 9.25. The Balaban J connectivity index is 1.06. The van der Waals surface area contributed by atoms with Gasteiger partial charge in [-0.3, -0.25) is 19.4 Å². The zero-order chi connectivity index (χ0) is 32.1. The van der Waals surface area contributed by atoms with Crippen molar-refractivity contribution in [1.82, 2.24) is 4.90 Å². The first-order valence-corrected chi connectivity index (χ1v) is 18.6. The number of piperazine rings is 1. The second-order valence-electron chi connectivity index (χ2n) is 12.9. The molecule has 3 aromatic rings.